The SMILES string of the molecule is NC(=O)Cn1c(N2CCC3(CC2)Cc2ccccc2[C@H]3N)nc2nc(Sc3cccnc3C(F)(F)F)cnc21. The van der Waals surface area contributed by atoms with E-state index in [9.17, 15) is 18.0 Å². The Morgan fingerprint density at radius 3 is 2.59 bits per heavy atom. The van der Waals surface area contributed by atoms with Gasteiger partial charge in [0.1, 0.15) is 11.6 Å². The molecule has 13 heteroatoms. The molecule has 9 nitrogen and oxygen atoms in total. The highest BCUT2D eigenvalue weighted by Gasteiger charge is 2.46. The average molecular weight is 555 g/mol. The van der Waals surface area contributed by atoms with Crippen molar-refractivity contribution in [2.45, 2.75) is 47.9 Å². The minimum atomic E-state index is -4.60. The van der Waals surface area contributed by atoms with E-state index in [0.29, 0.717) is 24.7 Å². The molecule has 39 heavy (non-hydrogen) atoms. The molecule has 202 valence electrons. The molecule has 4 N–H and O–H groups in total. The number of fused-ring (bicyclic) bond motifs is 2. The maximum Gasteiger partial charge on any atom is 0.434 e. The molecule has 4 heterocycles. The quantitative estimate of drug-likeness (QED) is 0.382. The molecule has 0 saturated carbocycles. The largest absolute Gasteiger partial charge is 0.434 e. The van der Waals surface area contributed by atoms with Crippen molar-refractivity contribution < 1.29 is 18.0 Å². The molecule has 1 atom stereocenters. The predicted octanol–water partition coefficient (Wildman–Crippen LogP) is 3.72. The molecule has 1 saturated heterocycles. The van der Waals surface area contributed by atoms with Crippen LogP contribution in [0.25, 0.3) is 11.3 Å². The maximum atomic E-state index is 13.4. The highest BCUT2D eigenvalue weighted by molar-refractivity contribution is 7.99. The van der Waals surface area contributed by atoms with E-state index >= 15 is 0 Å². The molecule has 0 radical (unpaired) electrons. The third kappa shape index (κ3) is 4.59. The second-order valence-corrected chi connectivity index (χ2v) is 11.0. The first-order valence-electron chi connectivity index (χ1n) is 12.4. The molecule has 1 aliphatic heterocycles. The smallest absolute Gasteiger partial charge is 0.368 e. The van der Waals surface area contributed by atoms with E-state index in [1.807, 2.05) is 12.1 Å². The van der Waals surface area contributed by atoms with Crippen LogP contribution in [-0.2, 0) is 23.9 Å². The summed E-state index contributed by atoms with van der Waals surface area (Å²) in [5.41, 5.74) is 14.3. The van der Waals surface area contributed by atoms with Crippen molar-refractivity contribution in [2.75, 3.05) is 18.0 Å². The maximum absolute atomic E-state index is 13.4. The topological polar surface area (TPSA) is 129 Å². The lowest BCUT2D eigenvalue weighted by Gasteiger charge is -2.42. The van der Waals surface area contributed by atoms with Crippen molar-refractivity contribution in [2.24, 2.45) is 16.9 Å². The molecular weight excluding hydrogens is 529 g/mol. The van der Waals surface area contributed by atoms with Gasteiger partial charge >= 0.3 is 6.18 Å². The Balaban J connectivity index is 1.29. The zero-order valence-corrected chi connectivity index (χ0v) is 21.5. The number of nitrogens with zero attached hydrogens (tertiary/aromatic N) is 6. The van der Waals surface area contributed by atoms with Gasteiger partial charge in [-0.05, 0) is 47.9 Å². The lowest BCUT2D eigenvalue weighted by atomic mass is 9.73. The average Bonchev–Trinajstić information content (AvgIpc) is 3.38. The molecule has 6 rings (SSSR count). The summed E-state index contributed by atoms with van der Waals surface area (Å²) >= 11 is 0.803. The van der Waals surface area contributed by atoms with Gasteiger partial charge in [-0.15, -0.1) is 0 Å². The summed E-state index contributed by atoms with van der Waals surface area (Å²) in [6, 6.07) is 11.0. The predicted molar refractivity (Wildman–Crippen MR) is 139 cm³/mol. The zero-order chi connectivity index (χ0) is 27.4. The van der Waals surface area contributed by atoms with Gasteiger partial charge < -0.3 is 16.4 Å². The van der Waals surface area contributed by atoms with Crippen LogP contribution >= 0.6 is 11.8 Å². The van der Waals surface area contributed by atoms with E-state index in [1.54, 1.807) is 4.57 Å². The van der Waals surface area contributed by atoms with Crippen LogP contribution in [0.15, 0.2) is 58.7 Å². The minimum Gasteiger partial charge on any atom is -0.368 e. The lowest BCUT2D eigenvalue weighted by molar-refractivity contribution is -0.143. The van der Waals surface area contributed by atoms with Gasteiger partial charge in [0.15, 0.2) is 17.0 Å². The van der Waals surface area contributed by atoms with Gasteiger partial charge in [0.2, 0.25) is 11.9 Å². The minimum absolute atomic E-state index is 0.0407. The van der Waals surface area contributed by atoms with E-state index in [4.69, 9.17) is 11.5 Å². The number of pyridine rings is 1. The standard InChI is InChI=1S/C26H25F3N8OS/c27-26(28,29)21-17(6-3-9-32-21)39-19-13-33-23-22(34-19)35-24(37(23)14-18(30)38)36-10-7-25(8-11-36)12-15-4-1-2-5-16(15)20(25)31/h1-6,9,13,20H,7-8,10-12,14,31H2,(H2,30,38)/t20-/m1/s1. The van der Waals surface area contributed by atoms with Crippen LogP contribution in [-0.4, -0.2) is 43.5 Å². The molecule has 1 amide bonds. The Hall–Kier alpha value is -3.71. The molecule has 2 aliphatic rings. The Labute approximate surface area is 225 Å². The summed E-state index contributed by atoms with van der Waals surface area (Å²) in [7, 11) is 0. The molecule has 3 aromatic heterocycles. The third-order valence-electron chi connectivity index (χ3n) is 7.62. The van der Waals surface area contributed by atoms with Crippen molar-refractivity contribution in [1.29, 1.82) is 0 Å². The van der Waals surface area contributed by atoms with Gasteiger partial charge in [-0.3, -0.25) is 14.3 Å². The van der Waals surface area contributed by atoms with Crippen molar-refractivity contribution in [3.63, 3.8) is 0 Å². The van der Waals surface area contributed by atoms with Crippen LogP contribution in [0.3, 0.4) is 0 Å². The molecule has 0 unspecified atom stereocenters. The lowest BCUT2D eigenvalue weighted by Crippen LogP contribution is -2.45. The Kier molecular flexibility index (Phi) is 6.22. The molecule has 1 fully saturated rings. The summed E-state index contributed by atoms with van der Waals surface area (Å²) in [5, 5.41) is 0.226. The van der Waals surface area contributed by atoms with E-state index in [2.05, 4.69) is 37.0 Å². The number of amides is 1. The van der Waals surface area contributed by atoms with Gasteiger partial charge in [-0.2, -0.15) is 18.2 Å². The van der Waals surface area contributed by atoms with Crippen molar-refractivity contribution in [3.8, 4) is 0 Å². The number of carbonyl (C=O) groups excluding carboxylic acids is 1. The summed E-state index contributed by atoms with van der Waals surface area (Å²) in [6.45, 7) is 1.17. The third-order valence-corrected chi connectivity index (χ3v) is 8.57. The number of hydrogen-bond acceptors (Lipinski definition) is 8. The summed E-state index contributed by atoms with van der Waals surface area (Å²) in [5.74, 6) is -0.0648. The molecular formula is C26H25F3N8OS. The van der Waals surface area contributed by atoms with Crippen LogP contribution < -0.4 is 16.4 Å². The first-order valence-corrected chi connectivity index (χ1v) is 13.3. The van der Waals surface area contributed by atoms with Gasteiger partial charge in [0, 0.05) is 30.2 Å². The number of primary amides is 1. The number of halogens is 3. The normalized spacial score (nSPS) is 18.6. The molecule has 1 spiro atoms. The van der Waals surface area contributed by atoms with Gasteiger partial charge in [0.05, 0.1) is 6.20 Å². The number of carbonyl (C=O) groups is 1. The number of benzene rings is 1. The summed E-state index contributed by atoms with van der Waals surface area (Å²) in [4.78, 5) is 30.9. The highest BCUT2D eigenvalue weighted by Crippen LogP contribution is 2.51. The Morgan fingerprint density at radius 1 is 1.10 bits per heavy atom. The molecule has 1 aromatic carbocycles. The van der Waals surface area contributed by atoms with Crippen LogP contribution in [0.4, 0.5) is 19.1 Å². The van der Waals surface area contributed by atoms with Gasteiger partial charge in [-0.1, -0.05) is 36.0 Å². The van der Waals surface area contributed by atoms with Crippen molar-refractivity contribution >= 4 is 34.9 Å². The van der Waals surface area contributed by atoms with Crippen molar-refractivity contribution in [1.82, 2.24) is 24.5 Å². The number of nitrogens with two attached hydrogens (primary N) is 2. The number of anilines is 1. The fourth-order valence-electron chi connectivity index (χ4n) is 5.72. The number of aromatic nitrogens is 5. The van der Waals surface area contributed by atoms with E-state index in [1.165, 1.54) is 29.5 Å². The molecule has 4 aromatic rings. The first-order chi connectivity index (χ1) is 18.6. The van der Waals surface area contributed by atoms with E-state index in [0.717, 1.165) is 37.2 Å². The van der Waals surface area contributed by atoms with Crippen molar-refractivity contribution in [3.05, 3.63) is 65.6 Å². The monoisotopic (exact) mass is 554 g/mol. The number of hydrogen-bond donors (Lipinski definition) is 2. The zero-order valence-electron chi connectivity index (χ0n) is 20.7. The van der Waals surface area contributed by atoms with E-state index in [-0.39, 0.29) is 33.6 Å². The summed E-state index contributed by atoms with van der Waals surface area (Å²) < 4.78 is 41.9. The van der Waals surface area contributed by atoms with Crippen LogP contribution in [0.5, 0.6) is 0 Å². The molecule has 1 aliphatic carbocycles. The number of alkyl halides is 3. The second kappa shape index (κ2) is 9.49. The van der Waals surface area contributed by atoms with Gasteiger partial charge in [0.25, 0.3) is 0 Å². The fourth-order valence-corrected chi connectivity index (χ4v) is 6.60. The second-order valence-electron chi connectivity index (χ2n) is 9.97. The summed E-state index contributed by atoms with van der Waals surface area (Å²) in [6.07, 6.45) is 0.458. The highest BCUT2D eigenvalue weighted by atomic mass is 32.2. The number of rotatable bonds is 5. The van der Waals surface area contributed by atoms with Gasteiger partial charge in [-0.25, -0.2) is 9.97 Å². The molecule has 0 bridgehead atoms. The Bertz CT molecular complexity index is 1560. The van der Waals surface area contributed by atoms with E-state index < -0.39 is 17.8 Å². The van der Waals surface area contributed by atoms with Crippen LogP contribution in [0, 0.1) is 5.41 Å². The first kappa shape index (κ1) is 25.6. The Morgan fingerprint density at radius 2 is 1.87 bits per heavy atom. The number of piperidine rings is 1. The number of imidazole rings is 1. The van der Waals surface area contributed by atoms with Crippen LogP contribution in [0.2, 0.25) is 0 Å². The van der Waals surface area contributed by atoms with Crippen LogP contribution in [0.1, 0.15) is 35.7 Å². The fraction of sp³-hybridized carbons (Fsp3) is 0.346.